The van der Waals surface area contributed by atoms with Gasteiger partial charge >= 0.3 is 6.03 Å². The first-order valence-corrected chi connectivity index (χ1v) is 8.27. The molecule has 0 bridgehead atoms. The first kappa shape index (κ1) is 17.4. The van der Waals surface area contributed by atoms with Crippen LogP contribution in [0.3, 0.4) is 0 Å². The van der Waals surface area contributed by atoms with Gasteiger partial charge in [0.05, 0.1) is 14.2 Å². The number of ether oxygens (including phenoxy) is 2. The van der Waals surface area contributed by atoms with E-state index in [9.17, 15) is 4.79 Å². The molecule has 0 saturated carbocycles. The molecule has 5 nitrogen and oxygen atoms in total. The van der Waals surface area contributed by atoms with E-state index in [-0.39, 0.29) is 6.03 Å². The predicted molar refractivity (Wildman–Crippen MR) is 91.2 cm³/mol. The average molecular weight is 320 g/mol. The average Bonchev–Trinajstić information content (AvgIpc) is 2.53. The van der Waals surface area contributed by atoms with Crippen molar-refractivity contribution in [3.05, 3.63) is 23.8 Å². The first-order chi connectivity index (χ1) is 11.0. The Kier molecular flexibility index (Phi) is 6.13. The maximum absolute atomic E-state index is 12.3. The number of nitrogens with one attached hydrogen (secondary N) is 1. The molecule has 1 aromatic rings. The lowest BCUT2D eigenvalue weighted by molar-refractivity contribution is 0.146. The van der Waals surface area contributed by atoms with Crippen LogP contribution in [-0.2, 0) is 6.42 Å². The van der Waals surface area contributed by atoms with Crippen LogP contribution in [-0.4, -0.2) is 44.8 Å². The number of nitrogens with zero attached hydrogens (tertiary/aromatic N) is 1. The normalized spacial score (nSPS) is 21.0. The van der Waals surface area contributed by atoms with Gasteiger partial charge in [0, 0.05) is 19.6 Å². The number of likely N-dealkylation sites (tertiary alicyclic amines) is 1. The minimum Gasteiger partial charge on any atom is -0.497 e. The molecule has 128 valence electrons. The van der Waals surface area contributed by atoms with Crippen molar-refractivity contribution in [2.24, 2.45) is 11.8 Å². The Morgan fingerprint density at radius 3 is 2.52 bits per heavy atom. The van der Waals surface area contributed by atoms with E-state index in [4.69, 9.17) is 9.47 Å². The molecule has 2 atom stereocenters. The van der Waals surface area contributed by atoms with Gasteiger partial charge in [-0.05, 0) is 48.4 Å². The number of benzene rings is 1. The van der Waals surface area contributed by atoms with E-state index >= 15 is 0 Å². The van der Waals surface area contributed by atoms with Crippen molar-refractivity contribution >= 4 is 6.03 Å². The number of urea groups is 1. The van der Waals surface area contributed by atoms with Gasteiger partial charge in [-0.3, -0.25) is 0 Å². The summed E-state index contributed by atoms with van der Waals surface area (Å²) >= 11 is 0. The number of methoxy groups -OCH3 is 2. The number of hydrogen-bond acceptors (Lipinski definition) is 3. The molecule has 1 aromatic carbocycles. The summed E-state index contributed by atoms with van der Waals surface area (Å²) in [7, 11) is 3.30. The summed E-state index contributed by atoms with van der Waals surface area (Å²) < 4.78 is 10.6. The first-order valence-electron chi connectivity index (χ1n) is 8.27. The van der Waals surface area contributed by atoms with Gasteiger partial charge in [0.2, 0.25) is 0 Å². The smallest absolute Gasteiger partial charge is 0.317 e. The second-order valence-corrected chi connectivity index (χ2v) is 6.51. The molecular weight excluding hydrogens is 292 g/mol. The fraction of sp³-hybridized carbons (Fsp3) is 0.611. The van der Waals surface area contributed by atoms with Crippen molar-refractivity contribution in [2.75, 3.05) is 33.9 Å². The van der Waals surface area contributed by atoms with Crippen LogP contribution in [0.1, 0.15) is 25.8 Å². The highest BCUT2D eigenvalue weighted by Gasteiger charge is 2.25. The van der Waals surface area contributed by atoms with Gasteiger partial charge in [-0.15, -0.1) is 0 Å². The van der Waals surface area contributed by atoms with E-state index in [0.717, 1.165) is 30.2 Å². The third-order valence-corrected chi connectivity index (χ3v) is 4.31. The Morgan fingerprint density at radius 2 is 1.91 bits per heavy atom. The highest BCUT2D eigenvalue weighted by Crippen LogP contribution is 2.24. The van der Waals surface area contributed by atoms with E-state index < -0.39 is 0 Å². The maximum atomic E-state index is 12.3. The van der Waals surface area contributed by atoms with Crippen molar-refractivity contribution < 1.29 is 14.3 Å². The number of piperidine rings is 1. The van der Waals surface area contributed by atoms with Gasteiger partial charge in [-0.2, -0.15) is 0 Å². The van der Waals surface area contributed by atoms with Gasteiger partial charge in [-0.1, -0.05) is 13.8 Å². The Labute approximate surface area is 139 Å². The third kappa shape index (κ3) is 4.78. The molecule has 1 aliphatic rings. The third-order valence-electron chi connectivity index (χ3n) is 4.31. The van der Waals surface area contributed by atoms with Gasteiger partial charge in [0.1, 0.15) is 11.5 Å². The second kappa shape index (κ2) is 8.09. The Morgan fingerprint density at radius 1 is 1.22 bits per heavy atom. The van der Waals surface area contributed by atoms with Crippen molar-refractivity contribution in [1.29, 1.82) is 0 Å². The standard InChI is InChI=1S/C18H28N2O3/c1-13-9-14(2)12-20(11-13)18(21)19-8-7-15-10-16(22-3)5-6-17(15)23-4/h5-6,10,13-14H,7-9,11-12H2,1-4H3,(H,19,21). The van der Waals surface area contributed by atoms with Crippen molar-refractivity contribution in [3.8, 4) is 11.5 Å². The van der Waals surface area contributed by atoms with Crippen molar-refractivity contribution in [2.45, 2.75) is 26.7 Å². The summed E-state index contributed by atoms with van der Waals surface area (Å²) in [6.45, 7) is 6.69. The largest absolute Gasteiger partial charge is 0.497 e. The number of hydrogen-bond donors (Lipinski definition) is 1. The number of carbonyl (C=O) groups is 1. The molecule has 2 unspecified atom stereocenters. The molecule has 2 rings (SSSR count). The Hall–Kier alpha value is -1.91. The fourth-order valence-electron chi connectivity index (χ4n) is 3.32. The van der Waals surface area contributed by atoms with Crippen LogP contribution >= 0.6 is 0 Å². The lowest BCUT2D eigenvalue weighted by Gasteiger charge is -2.34. The Balaban J connectivity index is 1.88. The van der Waals surface area contributed by atoms with Gasteiger partial charge < -0.3 is 19.7 Å². The zero-order valence-corrected chi connectivity index (χ0v) is 14.6. The fourth-order valence-corrected chi connectivity index (χ4v) is 3.32. The minimum absolute atomic E-state index is 0.0327. The molecule has 0 aliphatic carbocycles. The molecule has 1 fully saturated rings. The van der Waals surface area contributed by atoms with Crippen LogP contribution in [0.5, 0.6) is 11.5 Å². The molecule has 0 spiro atoms. The lowest BCUT2D eigenvalue weighted by Crippen LogP contribution is -2.47. The summed E-state index contributed by atoms with van der Waals surface area (Å²) in [5, 5.41) is 3.02. The van der Waals surface area contributed by atoms with E-state index in [2.05, 4.69) is 19.2 Å². The second-order valence-electron chi connectivity index (χ2n) is 6.51. The van der Waals surface area contributed by atoms with Crippen LogP contribution in [0, 0.1) is 11.8 Å². The summed E-state index contributed by atoms with van der Waals surface area (Å²) in [5.41, 5.74) is 1.03. The molecule has 0 aromatic heterocycles. The SMILES string of the molecule is COc1ccc(OC)c(CCNC(=O)N2CC(C)CC(C)C2)c1. The Bertz CT molecular complexity index is 523. The highest BCUT2D eigenvalue weighted by molar-refractivity contribution is 5.74. The molecule has 1 N–H and O–H groups in total. The molecule has 1 saturated heterocycles. The molecule has 0 radical (unpaired) electrons. The highest BCUT2D eigenvalue weighted by atomic mass is 16.5. The lowest BCUT2D eigenvalue weighted by atomic mass is 9.92. The van der Waals surface area contributed by atoms with E-state index in [1.54, 1.807) is 14.2 Å². The monoisotopic (exact) mass is 320 g/mol. The molecule has 1 aliphatic heterocycles. The summed E-state index contributed by atoms with van der Waals surface area (Å²) in [5.74, 6) is 2.76. The molecule has 23 heavy (non-hydrogen) atoms. The van der Waals surface area contributed by atoms with E-state index in [0.29, 0.717) is 24.8 Å². The van der Waals surface area contributed by atoms with Crippen LogP contribution in [0.15, 0.2) is 18.2 Å². The number of amides is 2. The van der Waals surface area contributed by atoms with Crippen LogP contribution in [0.2, 0.25) is 0 Å². The van der Waals surface area contributed by atoms with Crippen LogP contribution in [0.25, 0.3) is 0 Å². The quantitative estimate of drug-likeness (QED) is 0.907. The van der Waals surface area contributed by atoms with E-state index in [1.165, 1.54) is 6.42 Å². The van der Waals surface area contributed by atoms with E-state index in [1.807, 2.05) is 23.1 Å². The molecule has 2 amide bonds. The minimum atomic E-state index is 0.0327. The van der Waals surface area contributed by atoms with Crippen LogP contribution < -0.4 is 14.8 Å². The zero-order valence-electron chi connectivity index (χ0n) is 14.6. The van der Waals surface area contributed by atoms with Gasteiger partial charge in [0.25, 0.3) is 0 Å². The number of carbonyl (C=O) groups excluding carboxylic acids is 1. The predicted octanol–water partition coefficient (Wildman–Crippen LogP) is 2.93. The molecule has 5 heteroatoms. The molecule has 1 heterocycles. The summed E-state index contributed by atoms with van der Waals surface area (Å²) in [6, 6.07) is 5.75. The summed E-state index contributed by atoms with van der Waals surface area (Å²) in [4.78, 5) is 14.2. The summed E-state index contributed by atoms with van der Waals surface area (Å²) in [6.07, 6.45) is 1.91. The van der Waals surface area contributed by atoms with Crippen molar-refractivity contribution in [1.82, 2.24) is 10.2 Å². The maximum Gasteiger partial charge on any atom is 0.317 e. The number of rotatable bonds is 5. The zero-order chi connectivity index (χ0) is 16.8. The van der Waals surface area contributed by atoms with Gasteiger partial charge in [0.15, 0.2) is 0 Å². The van der Waals surface area contributed by atoms with Crippen LogP contribution in [0.4, 0.5) is 4.79 Å². The topological polar surface area (TPSA) is 50.8 Å². The molecular formula is C18H28N2O3. The van der Waals surface area contributed by atoms with Gasteiger partial charge in [-0.25, -0.2) is 4.79 Å². The van der Waals surface area contributed by atoms with Crippen molar-refractivity contribution in [3.63, 3.8) is 0 Å².